The summed E-state index contributed by atoms with van der Waals surface area (Å²) in [5, 5.41) is 3.02. The number of thiophene rings is 1. The smallest absolute Gasteiger partial charge is 0.166 e. The third-order valence-corrected chi connectivity index (χ3v) is 3.97. The number of nitrogens with zero attached hydrogens (tertiary/aromatic N) is 4. The molecular weight excluding hydrogens is 270 g/mol. The molecule has 5 nitrogen and oxygen atoms in total. The van der Waals surface area contributed by atoms with E-state index < -0.39 is 0 Å². The molecule has 0 bridgehead atoms. The molecule has 102 valence electrons. The van der Waals surface area contributed by atoms with Crippen LogP contribution in [0.25, 0.3) is 11.0 Å². The Morgan fingerprint density at radius 2 is 2.15 bits per heavy atom. The van der Waals surface area contributed by atoms with E-state index >= 15 is 0 Å². The first kappa shape index (κ1) is 12.8. The zero-order valence-corrected chi connectivity index (χ0v) is 12.0. The summed E-state index contributed by atoms with van der Waals surface area (Å²) < 4.78 is 0. The van der Waals surface area contributed by atoms with Crippen LogP contribution in [0.2, 0.25) is 0 Å². The van der Waals surface area contributed by atoms with Gasteiger partial charge in [0, 0.05) is 11.4 Å². The van der Waals surface area contributed by atoms with Crippen LogP contribution in [0.5, 0.6) is 0 Å². The molecule has 0 atom stereocenters. The SMILES string of the molecule is CCN(Cc1cccs1)c1ncnc2nc(N)ccc12. The molecule has 0 spiro atoms. The van der Waals surface area contributed by atoms with Crippen molar-refractivity contribution in [3.63, 3.8) is 0 Å². The van der Waals surface area contributed by atoms with E-state index in [1.807, 2.05) is 6.07 Å². The largest absolute Gasteiger partial charge is 0.384 e. The Kier molecular flexibility index (Phi) is 3.47. The van der Waals surface area contributed by atoms with Crippen LogP contribution >= 0.6 is 11.3 Å². The molecular formula is C14H15N5S. The van der Waals surface area contributed by atoms with Crippen molar-refractivity contribution in [3.05, 3.63) is 40.8 Å². The molecule has 3 rings (SSSR count). The van der Waals surface area contributed by atoms with Crippen LogP contribution in [0, 0.1) is 0 Å². The van der Waals surface area contributed by atoms with Gasteiger partial charge in [0.25, 0.3) is 0 Å². The summed E-state index contributed by atoms with van der Waals surface area (Å²) in [6, 6.07) is 7.92. The second-order valence-corrected chi connectivity index (χ2v) is 5.43. The van der Waals surface area contributed by atoms with Crippen molar-refractivity contribution >= 4 is 34.0 Å². The Balaban J connectivity index is 2.03. The molecule has 0 unspecified atom stereocenters. The average molecular weight is 285 g/mol. The molecule has 0 aliphatic heterocycles. The summed E-state index contributed by atoms with van der Waals surface area (Å²) in [4.78, 5) is 16.4. The lowest BCUT2D eigenvalue weighted by Crippen LogP contribution is -2.23. The molecule has 0 saturated carbocycles. The zero-order chi connectivity index (χ0) is 13.9. The van der Waals surface area contributed by atoms with Crippen molar-refractivity contribution in [1.29, 1.82) is 0 Å². The van der Waals surface area contributed by atoms with E-state index in [9.17, 15) is 0 Å². The lowest BCUT2D eigenvalue weighted by atomic mass is 10.2. The number of nitrogen functional groups attached to an aromatic ring is 1. The minimum Gasteiger partial charge on any atom is -0.384 e. The highest BCUT2D eigenvalue weighted by Gasteiger charge is 2.12. The number of pyridine rings is 1. The second kappa shape index (κ2) is 5.42. The van der Waals surface area contributed by atoms with Gasteiger partial charge in [0.2, 0.25) is 0 Å². The Labute approximate surface area is 121 Å². The van der Waals surface area contributed by atoms with Crippen LogP contribution in [0.15, 0.2) is 36.0 Å². The van der Waals surface area contributed by atoms with Gasteiger partial charge < -0.3 is 10.6 Å². The molecule has 0 fully saturated rings. The number of hydrogen-bond donors (Lipinski definition) is 1. The van der Waals surface area contributed by atoms with Crippen molar-refractivity contribution in [3.8, 4) is 0 Å². The first-order valence-electron chi connectivity index (χ1n) is 6.42. The third-order valence-electron chi connectivity index (χ3n) is 3.11. The molecule has 0 aliphatic carbocycles. The monoisotopic (exact) mass is 285 g/mol. The molecule has 0 saturated heterocycles. The average Bonchev–Trinajstić information content (AvgIpc) is 2.97. The molecule has 0 aromatic carbocycles. The van der Waals surface area contributed by atoms with Gasteiger partial charge in [-0.1, -0.05) is 6.07 Å². The zero-order valence-electron chi connectivity index (χ0n) is 11.2. The fourth-order valence-electron chi connectivity index (χ4n) is 2.12. The number of hydrogen-bond acceptors (Lipinski definition) is 6. The maximum atomic E-state index is 5.71. The number of fused-ring (bicyclic) bond motifs is 1. The van der Waals surface area contributed by atoms with Crippen LogP contribution in [-0.2, 0) is 6.54 Å². The number of anilines is 2. The minimum atomic E-state index is 0.475. The molecule has 3 heterocycles. The van der Waals surface area contributed by atoms with E-state index in [1.54, 1.807) is 23.7 Å². The molecule has 3 aromatic rings. The minimum absolute atomic E-state index is 0.475. The quantitative estimate of drug-likeness (QED) is 0.798. The van der Waals surface area contributed by atoms with E-state index in [-0.39, 0.29) is 0 Å². The van der Waals surface area contributed by atoms with Gasteiger partial charge in [0.15, 0.2) is 5.65 Å². The first-order valence-corrected chi connectivity index (χ1v) is 7.30. The van der Waals surface area contributed by atoms with E-state index in [4.69, 9.17) is 5.73 Å². The van der Waals surface area contributed by atoms with Crippen molar-refractivity contribution in [2.45, 2.75) is 13.5 Å². The van der Waals surface area contributed by atoms with Crippen LogP contribution in [0.3, 0.4) is 0 Å². The summed E-state index contributed by atoms with van der Waals surface area (Å²) in [6.45, 7) is 3.82. The number of rotatable bonds is 4. The molecule has 2 N–H and O–H groups in total. The van der Waals surface area contributed by atoms with E-state index in [0.29, 0.717) is 11.5 Å². The topological polar surface area (TPSA) is 67.9 Å². The number of nitrogens with two attached hydrogens (primary N) is 1. The van der Waals surface area contributed by atoms with Crippen molar-refractivity contribution in [2.75, 3.05) is 17.2 Å². The van der Waals surface area contributed by atoms with Crippen LogP contribution in [-0.4, -0.2) is 21.5 Å². The van der Waals surface area contributed by atoms with Gasteiger partial charge in [0.05, 0.1) is 11.9 Å². The van der Waals surface area contributed by atoms with Gasteiger partial charge in [-0.3, -0.25) is 0 Å². The number of aromatic nitrogens is 3. The lowest BCUT2D eigenvalue weighted by Gasteiger charge is -2.22. The molecule has 20 heavy (non-hydrogen) atoms. The third kappa shape index (κ3) is 2.42. The Hall–Kier alpha value is -2.21. The maximum Gasteiger partial charge on any atom is 0.166 e. The second-order valence-electron chi connectivity index (χ2n) is 4.40. The fourth-order valence-corrected chi connectivity index (χ4v) is 2.84. The highest BCUT2D eigenvalue weighted by Crippen LogP contribution is 2.24. The highest BCUT2D eigenvalue weighted by atomic mass is 32.1. The Morgan fingerprint density at radius 3 is 2.90 bits per heavy atom. The van der Waals surface area contributed by atoms with Gasteiger partial charge in [-0.2, -0.15) is 0 Å². The Bertz CT molecular complexity index is 711. The van der Waals surface area contributed by atoms with Gasteiger partial charge in [-0.25, -0.2) is 15.0 Å². The fraction of sp³-hybridized carbons (Fsp3) is 0.214. The van der Waals surface area contributed by atoms with Gasteiger partial charge in [-0.15, -0.1) is 11.3 Å². The lowest BCUT2D eigenvalue weighted by molar-refractivity contribution is 0.825. The summed E-state index contributed by atoms with van der Waals surface area (Å²) >= 11 is 1.75. The molecule has 0 amide bonds. The Morgan fingerprint density at radius 1 is 1.25 bits per heavy atom. The van der Waals surface area contributed by atoms with E-state index in [1.165, 1.54) is 4.88 Å². The van der Waals surface area contributed by atoms with Crippen LogP contribution < -0.4 is 10.6 Å². The first-order chi connectivity index (χ1) is 9.78. The van der Waals surface area contributed by atoms with E-state index in [0.717, 1.165) is 24.3 Å². The summed E-state index contributed by atoms with van der Waals surface area (Å²) in [6.07, 6.45) is 1.54. The summed E-state index contributed by atoms with van der Waals surface area (Å²) in [7, 11) is 0. The molecule has 6 heteroatoms. The van der Waals surface area contributed by atoms with Crippen LogP contribution in [0.4, 0.5) is 11.6 Å². The van der Waals surface area contributed by atoms with Gasteiger partial charge >= 0.3 is 0 Å². The summed E-state index contributed by atoms with van der Waals surface area (Å²) in [5.41, 5.74) is 6.35. The molecule has 0 aliphatic rings. The van der Waals surface area contributed by atoms with Gasteiger partial charge in [0.1, 0.15) is 18.0 Å². The van der Waals surface area contributed by atoms with Crippen LogP contribution in [0.1, 0.15) is 11.8 Å². The molecule has 0 radical (unpaired) electrons. The predicted octanol–water partition coefficient (Wildman–Crippen LogP) is 2.70. The van der Waals surface area contributed by atoms with Crippen molar-refractivity contribution in [2.24, 2.45) is 0 Å². The normalized spacial score (nSPS) is 10.8. The molecule has 3 aromatic heterocycles. The van der Waals surface area contributed by atoms with Crippen molar-refractivity contribution in [1.82, 2.24) is 15.0 Å². The van der Waals surface area contributed by atoms with Gasteiger partial charge in [-0.05, 0) is 30.5 Å². The highest BCUT2D eigenvalue weighted by molar-refractivity contribution is 7.09. The predicted molar refractivity (Wildman–Crippen MR) is 82.8 cm³/mol. The standard InChI is InChI=1S/C14H15N5S/c1-2-19(8-10-4-3-7-20-10)14-11-5-6-12(15)18-13(11)16-9-17-14/h3-7,9H,2,8H2,1H3,(H2,15,16,17,18). The maximum absolute atomic E-state index is 5.71. The van der Waals surface area contributed by atoms with E-state index in [2.05, 4.69) is 44.3 Å². The summed E-state index contributed by atoms with van der Waals surface area (Å²) in [5.74, 6) is 1.38. The van der Waals surface area contributed by atoms with Crippen molar-refractivity contribution < 1.29 is 0 Å².